The van der Waals surface area contributed by atoms with Crippen LogP contribution in [0.5, 0.6) is 0 Å². The number of benzene rings is 2. The predicted molar refractivity (Wildman–Crippen MR) is 166 cm³/mol. The third-order valence-electron chi connectivity index (χ3n) is 8.73. The first-order valence-electron chi connectivity index (χ1n) is 14.7. The van der Waals surface area contributed by atoms with Crippen molar-refractivity contribution in [3.63, 3.8) is 0 Å². The molecule has 13 nitrogen and oxygen atoms in total. The second-order valence-electron chi connectivity index (χ2n) is 11.6. The summed E-state index contributed by atoms with van der Waals surface area (Å²) in [6.45, 7) is 6.51. The molecule has 1 unspecified atom stereocenters. The first kappa shape index (κ1) is 31.3. The van der Waals surface area contributed by atoms with Crippen LogP contribution in [-0.2, 0) is 22.1 Å². The first-order chi connectivity index (χ1) is 21.9. The minimum atomic E-state index is -4.37. The number of fused-ring (bicyclic) bond motifs is 1. The number of carbonyl (C=O) groups is 2. The number of halogens is 2. The number of hydrogen-bond donors (Lipinski definition) is 4. The van der Waals surface area contributed by atoms with Gasteiger partial charge in [0.25, 0.3) is 11.8 Å². The molecule has 1 saturated heterocycles. The van der Waals surface area contributed by atoms with Crippen molar-refractivity contribution in [2.24, 2.45) is 0 Å². The van der Waals surface area contributed by atoms with Crippen molar-refractivity contribution in [1.82, 2.24) is 29.6 Å². The van der Waals surface area contributed by atoms with Gasteiger partial charge in [0.1, 0.15) is 11.6 Å². The van der Waals surface area contributed by atoms with E-state index in [-0.39, 0.29) is 29.2 Å². The largest absolute Gasteiger partial charge is 0.369 e. The van der Waals surface area contributed by atoms with Crippen LogP contribution in [0.15, 0.2) is 53.7 Å². The van der Waals surface area contributed by atoms with Crippen LogP contribution in [0.25, 0.3) is 0 Å². The minimum Gasteiger partial charge on any atom is -0.369 e. The fourth-order valence-electron chi connectivity index (χ4n) is 5.86. The molecule has 2 aliphatic rings. The van der Waals surface area contributed by atoms with Gasteiger partial charge in [-0.15, -0.1) is 0 Å². The highest BCUT2D eigenvalue weighted by Gasteiger charge is 2.50. The van der Waals surface area contributed by atoms with Crippen molar-refractivity contribution in [2.75, 3.05) is 48.8 Å². The predicted octanol–water partition coefficient (Wildman–Crippen LogP) is 3.50. The van der Waals surface area contributed by atoms with E-state index in [1.807, 2.05) is 13.1 Å². The summed E-state index contributed by atoms with van der Waals surface area (Å²) in [5, 5.41) is 19.2. The number of aromatic nitrogens is 4. The fourth-order valence-corrected chi connectivity index (χ4v) is 7.69. The average molecular weight is 654 g/mol. The van der Waals surface area contributed by atoms with E-state index in [4.69, 9.17) is 0 Å². The number of sulfonamides is 1. The molecule has 46 heavy (non-hydrogen) atoms. The van der Waals surface area contributed by atoms with Crippen molar-refractivity contribution >= 4 is 39.0 Å². The van der Waals surface area contributed by atoms with Crippen LogP contribution in [0, 0.1) is 11.6 Å². The highest BCUT2D eigenvalue weighted by atomic mass is 32.2. The van der Waals surface area contributed by atoms with E-state index in [0.717, 1.165) is 48.3 Å². The third kappa shape index (κ3) is 5.63. The molecule has 4 N–H and O–H groups in total. The number of piperazine rings is 1. The Bertz CT molecular complexity index is 1890. The van der Waals surface area contributed by atoms with Gasteiger partial charge in [-0.1, -0.05) is 6.92 Å². The lowest BCUT2D eigenvalue weighted by Crippen LogP contribution is -2.44. The zero-order valence-corrected chi connectivity index (χ0v) is 26.2. The van der Waals surface area contributed by atoms with Crippen LogP contribution in [0.1, 0.15) is 52.2 Å². The number of anilines is 3. The molecule has 4 aromatic rings. The Morgan fingerprint density at radius 3 is 2.39 bits per heavy atom. The van der Waals surface area contributed by atoms with Crippen molar-refractivity contribution < 1.29 is 26.8 Å². The smallest absolute Gasteiger partial charge is 0.258 e. The summed E-state index contributed by atoms with van der Waals surface area (Å²) in [4.78, 5) is 30.6. The number of likely N-dealkylation sites (N-methyl/N-ethyl adjacent to an activating group) is 1. The average Bonchev–Trinajstić information content (AvgIpc) is 3.76. The van der Waals surface area contributed by atoms with Gasteiger partial charge in [0.2, 0.25) is 10.0 Å². The number of amides is 2. The number of aromatic amines is 2. The van der Waals surface area contributed by atoms with Gasteiger partial charge < -0.3 is 20.4 Å². The molecule has 2 aromatic heterocycles. The van der Waals surface area contributed by atoms with Gasteiger partial charge in [-0.25, -0.2) is 17.2 Å². The van der Waals surface area contributed by atoms with Gasteiger partial charge in [-0.3, -0.25) is 19.8 Å². The summed E-state index contributed by atoms with van der Waals surface area (Å²) in [7, 11) is -2.32. The Morgan fingerprint density at radius 2 is 1.74 bits per heavy atom. The Balaban J connectivity index is 1.30. The normalized spacial score (nSPS) is 18.8. The number of nitrogens with one attached hydrogen (secondary N) is 4. The zero-order valence-electron chi connectivity index (χ0n) is 25.4. The number of nitrogens with zero attached hydrogens (tertiary/aromatic N) is 5. The van der Waals surface area contributed by atoms with Crippen molar-refractivity contribution in [1.29, 1.82) is 0 Å². The molecule has 0 spiro atoms. The molecule has 0 bridgehead atoms. The van der Waals surface area contributed by atoms with E-state index in [1.165, 1.54) is 12.4 Å². The Labute approximate surface area is 264 Å². The molecule has 2 aromatic carbocycles. The highest BCUT2D eigenvalue weighted by molar-refractivity contribution is 7.89. The minimum absolute atomic E-state index is 0.0954. The van der Waals surface area contributed by atoms with Crippen molar-refractivity contribution in [3.05, 3.63) is 82.8 Å². The lowest BCUT2D eigenvalue weighted by Gasteiger charge is -2.34. The maximum Gasteiger partial charge on any atom is 0.258 e. The molecule has 242 valence electrons. The van der Waals surface area contributed by atoms with E-state index < -0.39 is 43.9 Å². The molecule has 4 heterocycles. The van der Waals surface area contributed by atoms with Gasteiger partial charge in [0.15, 0.2) is 5.82 Å². The molecule has 1 atom stereocenters. The molecule has 0 aliphatic carbocycles. The number of rotatable bonds is 8. The van der Waals surface area contributed by atoms with Gasteiger partial charge in [-0.2, -0.15) is 14.5 Å². The third-order valence-corrected chi connectivity index (χ3v) is 10.7. The summed E-state index contributed by atoms with van der Waals surface area (Å²) in [5.41, 5.74) is 1.24. The number of hydrogen-bond acceptors (Lipinski definition) is 8. The van der Waals surface area contributed by atoms with Gasteiger partial charge in [0.05, 0.1) is 39.1 Å². The van der Waals surface area contributed by atoms with Crippen LogP contribution in [-0.4, -0.2) is 83.1 Å². The highest BCUT2D eigenvalue weighted by Crippen LogP contribution is 2.46. The Kier molecular flexibility index (Phi) is 8.12. The van der Waals surface area contributed by atoms with E-state index in [2.05, 4.69) is 40.8 Å². The maximum atomic E-state index is 14.0. The van der Waals surface area contributed by atoms with Gasteiger partial charge in [0, 0.05) is 56.2 Å². The van der Waals surface area contributed by atoms with Crippen molar-refractivity contribution in [3.8, 4) is 0 Å². The number of carbonyl (C=O) groups excluding carboxylic acids is 2. The molecule has 6 rings (SSSR count). The molecule has 16 heteroatoms. The summed E-state index contributed by atoms with van der Waals surface area (Å²) >= 11 is 0. The monoisotopic (exact) mass is 653 g/mol. The topological polar surface area (TPSA) is 159 Å². The van der Waals surface area contributed by atoms with Crippen LogP contribution < -0.4 is 15.5 Å². The number of H-pyrrole nitrogens is 2. The maximum absolute atomic E-state index is 14.0. The van der Waals surface area contributed by atoms with E-state index >= 15 is 0 Å². The summed E-state index contributed by atoms with van der Waals surface area (Å²) in [6.07, 6.45) is 3.11. The molecule has 0 radical (unpaired) electrons. The lowest BCUT2D eigenvalue weighted by atomic mass is 9.96. The SMILES string of the molecule is CCC1(C)c2[nH]nc(NC(=O)c3ccc(N4CCN(C)CC4)cc3NC(=O)c3cn[nH]c3)c2CN1S(=O)(=O)c1cc(F)cc(F)c1. The second-order valence-corrected chi connectivity index (χ2v) is 13.4. The quantitative estimate of drug-likeness (QED) is 0.225. The van der Waals surface area contributed by atoms with E-state index in [9.17, 15) is 26.8 Å². The zero-order chi connectivity index (χ0) is 32.8. The lowest BCUT2D eigenvalue weighted by molar-refractivity contribution is 0.102. The van der Waals surface area contributed by atoms with Crippen LogP contribution in [0.4, 0.5) is 26.0 Å². The van der Waals surface area contributed by atoms with Gasteiger partial charge >= 0.3 is 0 Å². The summed E-state index contributed by atoms with van der Waals surface area (Å²) < 4.78 is 56.5. The summed E-state index contributed by atoms with van der Waals surface area (Å²) in [5.74, 6) is -2.99. The second kappa shape index (κ2) is 11.9. The standard InChI is InChI=1S/C30H33F2N9O4S/c1-4-30(2)26-24(17-41(30)46(44,45)22-12-19(31)11-20(32)13-22)27(38-37-26)36-29(43)23-6-5-21(40-9-7-39(3)8-10-40)14-25(23)35-28(42)18-15-33-34-16-18/h5-6,11-16H,4,7-10,17H2,1-3H3,(H,33,34)(H,35,42)(H2,36,37,38,43). The van der Waals surface area contributed by atoms with Crippen LogP contribution >= 0.6 is 0 Å². The van der Waals surface area contributed by atoms with Crippen LogP contribution in [0.2, 0.25) is 0 Å². The fraction of sp³-hybridized carbons (Fsp3) is 0.333. The summed E-state index contributed by atoms with van der Waals surface area (Å²) in [6, 6.07) is 7.32. The molecular weight excluding hydrogens is 620 g/mol. The first-order valence-corrected chi connectivity index (χ1v) is 16.1. The van der Waals surface area contributed by atoms with E-state index in [1.54, 1.807) is 26.0 Å². The molecule has 2 aliphatic heterocycles. The Morgan fingerprint density at radius 1 is 1.02 bits per heavy atom. The molecule has 1 fully saturated rings. The molecule has 2 amide bonds. The van der Waals surface area contributed by atoms with Crippen molar-refractivity contribution in [2.45, 2.75) is 37.2 Å². The Hall–Kier alpha value is -4.67. The van der Waals surface area contributed by atoms with Crippen LogP contribution in [0.3, 0.4) is 0 Å². The molecule has 0 saturated carbocycles. The van der Waals surface area contributed by atoms with Gasteiger partial charge in [-0.05, 0) is 50.7 Å². The molecular formula is C30H33F2N9O4S. The van der Waals surface area contributed by atoms with E-state index in [0.29, 0.717) is 23.7 Å².